The zero-order valence-electron chi connectivity index (χ0n) is 9.39. The van der Waals surface area contributed by atoms with Gasteiger partial charge in [0.05, 0.1) is 6.42 Å². The number of nitrogens with two attached hydrogens (primary N) is 1. The minimum Gasteiger partial charge on any atom is -0.328 e. The molecular formula is C10H20F3N3. The van der Waals surface area contributed by atoms with E-state index in [9.17, 15) is 13.2 Å². The fourth-order valence-corrected chi connectivity index (χ4v) is 1.77. The lowest BCUT2D eigenvalue weighted by molar-refractivity contribution is -0.133. The number of likely N-dealkylation sites (tertiary alicyclic amines) is 1. The summed E-state index contributed by atoms with van der Waals surface area (Å²) in [6.07, 6.45) is -2.83. The normalized spacial score (nSPS) is 20.2. The molecule has 1 rings (SSSR count). The molecule has 16 heavy (non-hydrogen) atoms. The molecule has 0 radical (unpaired) electrons. The third-order valence-electron chi connectivity index (χ3n) is 2.82. The number of hydrogen-bond acceptors (Lipinski definition) is 3. The zero-order valence-corrected chi connectivity index (χ0v) is 9.39. The second-order valence-electron chi connectivity index (χ2n) is 4.29. The van der Waals surface area contributed by atoms with E-state index < -0.39 is 12.6 Å². The van der Waals surface area contributed by atoms with Crippen molar-refractivity contribution < 1.29 is 13.2 Å². The molecule has 0 aromatic heterocycles. The van der Waals surface area contributed by atoms with Crippen molar-refractivity contribution in [2.24, 2.45) is 5.73 Å². The molecule has 0 unspecified atom stereocenters. The van der Waals surface area contributed by atoms with Crippen LogP contribution in [0.5, 0.6) is 0 Å². The summed E-state index contributed by atoms with van der Waals surface area (Å²) in [6, 6.07) is 0.300. The summed E-state index contributed by atoms with van der Waals surface area (Å²) in [7, 11) is 0. The first-order valence-electron chi connectivity index (χ1n) is 5.73. The maximum Gasteiger partial charge on any atom is 0.390 e. The van der Waals surface area contributed by atoms with Crippen molar-refractivity contribution in [3.8, 4) is 0 Å². The standard InChI is InChI=1S/C10H20F3N3/c11-10(12,13)3-4-15-5-8-16-6-1-9(14)2-7-16/h9,15H,1-8,14H2. The maximum absolute atomic E-state index is 11.8. The highest BCUT2D eigenvalue weighted by Gasteiger charge is 2.25. The van der Waals surface area contributed by atoms with Crippen molar-refractivity contribution in [2.75, 3.05) is 32.7 Å². The highest BCUT2D eigenvalue weighted by molar-refractivity contribution is 4.74. The van der Waals surface area contributed by atoms with Crippen LogP contribution in [-0.2, 0) is 0 Å². The van der Waals surface area contributed by atoms with Gasteiger partial charge in [0, 0.05) is 25.7 Å². The van der Waals surface area contributed by atoms with Gasteiger partial charge in [-0.25, -0.2) is 0 Å². The topological polar surface area (TPSA) is 41.3 Å². The van der Waals surface area contributed by atoms with Gasteiger partial charge in [-0.1, -0.05) is 0 Å². The smallest absolute Gasteiger partial charge is 0.328 e. The van der Waals surface area contributed by atoms with Crippen LogP contribution in [0.25, 0.3) is 0 Å². The summed E-state index contributed by atoms with van der Waals surface area (Å²) >= 11 is 0. The Morgan fingerprint density at radius 2 is 1.81 bits per heavy atom. The summed E-state index contributed by atoms with van der Waals surface area (Å²) in [4.78, 5) is 2.24. The van der Waals surface area contributed by atoms with E-state index in [1.54, 1.807) is 0 Å². The minimum absolute atomic E-state index is 0.0108. The zero-order chi connectivity index (χ0) is 12.0. The van der Waals surface area contributed by atoms with Crippen LogP contribution in [0.1, 0.15) is 19.3 Å². The average molecular weight is 239 g/mol. The Morgan fingerprint density at radius 1 is 1.19 bits per heavy atom. The predicted molar refractivity (Wildman–Crippen MR) is 57.2 cm³/mol. The Hall–Kier alpha value is -0.330. The molecule has 0 atom stereocenters. The molecule has 1 aliphatic rings. The van der Waals surface area contributed by atoms with Crippen molar-refractivity contribution in [1.82, 2.24) is 10.2 Å². The fraction of sp³-hybridized carbons (Fsp3) is 1.00. The van der Waals surface area contributed by atoms with Gasteiger partial charge >= 0.3 is 6.18 Å². The van der Waals surface area contributed by atoms with Gasteiger partial charge in [-0.15, -0.1) is 0 Å². The Balaban J connectivity index is 1.95. The van der Waals surface area contributed by atoms with Crippen LogP contribution in [0, 0.1) is 0 Å². The quantitative estimate of drug-likeness (QED) is 0.702. The number of rotatable bonds is 5. The Bertz CT molecular complexity index is 188. The molecule has 96 valence electrons. The van der Waals surface area contributed by atoms with Crippen molar-refractivity contribution in [3.63, 3.8) is 0 Å². The van der Waals surface area contributed by atoms with E-state index in [1.807, 2.05) is 0 Å². The molecule has 1 saturated heterocycles. The second-order valence-corrected chi connectivity index (χ2v) is 4.29. The van der Waals surface area contributed by atoms with Crippen LogP contribution in [0.2, 0.25) is 0 Å². The van der Waals surface area contributed by atoms with Crippen LogP contribution in [0.15, 0.2) is 0 Å². The van der Waals surface area contributed by atoms with E-state index in [0.29, 0.717) is 12.6 Å². The number of piperidine rings is 1. The predicted octanol–water partition coefficient (Wildman–Crippen LogP) is 0.951. The number of nitrogens with one attached hydrogen (secondary N) is 1. The van der Waals surface area contributed by atoms with Gasteiger partial charge in [-0.3, -0.25) is 0 Å². The minimum atomic E-state index is -4.05. The van der Waals surface area contributed by atoms with E-state index in [-0.39, 0.29) is 6.54 Å². The van der Waals surface area contributed by atoms with E-state index in [2.05, 4.69) is 10.2 Å². The fourth-order valence-electron chi connectivity index (χ4n) is 1.77. The largest absolute Gasteiger partial charge is 0.390 e. The third-order valence-corrected chi connectivity index (χ3v) is 2.82. The molecule has 0 spiro atoms. The van der Waals surface area contributed by atoms with Crippen LogP contribution >= 0.6 is 0 Å². The van der Waals surface area contributed by atoms with E-state index in [1.165, 1.54) is 0 Å². The van der Waals surface area contributed by atoms with Gasteiger partial charge in [-0.2, -0.15) is 13.2 Å². The molecule has 0 amide bonds. The van der Waals surface area contributed by atoms with Gasteiger partial charge in [0.1, 0.15) is 0 Å². The van der Waals surface area contributed by atoms with Gasteiger partial charge in [-0.05, 0) is 25.9 Å². The third kappa shape index (κ3) is 6.30. The summed E-state index contributed by atoms with van der Waals surface area (Å²) < 4.78 is 35.4. The van der Waals surface area contributed by atoms with Gasteiger partial charge in [0.15, 0.2) is 0 Å². The van der Waals surface area contributed by atoms with Crippen molar-refractivity contribution in [3.05, 3.63) is 0 Å². The lowest BCUT2D eigenvalue weighted by Crippen LogP contribution is -2.42. The molecule has 0 aromatic rings. The first kappa shape index (κ1) is 13.7. The first-order chi connectivity index (χ1) is 7.47. The van der Waals surface area contributed by atoms with Crippen LogP contribution < -0.4 is 11.1 Å². The maximum atomic E-state index is 11.8. The molecule has 0 aliphatic carbocycles. The van der Waals surface area contributed by atoms with Gasteiger partial charge in [0.25, 0.3) is 0 Å². The van der Waals surface area contributed by atoms with E-state index in [4.69, 9.17) is 5.73 Å². The first-order valence-corrected chi connectivity index (χ1v) is 5.73. The molecule has 0 bridgehead atoms. The molecule has 3 nitrogen and oxygen atoms in total. The van der Waals surface area contributed by atoms with Crippen molar-refractivity contribution in [1.29, 1.82) is 0 Å². The number of nitrogens with zero attached hydrogens (tertiary/aromatic N) is 1. The molecule has 1 heterocycles. The second kappa shape index (κ2) is 6.42. The monoisotopic (exact) mass is 239 g/mol. The highest BCUT2D eigenvalue weighted by Crippen LogP contribution is 2.18. The lowest BCUT2D eigenvalue weighted by Gasteiger charge is -2.30. The van der Waals surface area contributed by atoms with Crippen LogP contribution in [0.3, 0.4) is 0 Å². The number of hydrogen-bond donors (Lipinski definition) is 2. The summed E-state index contributed by atoms with van der Waals surface area (Å²) in [6.45, 7) is 3.36. The van der Waals surface area contributed by atoms with Crippen molar-refractivity contribution in [2.45, 2.75) is 31.5 Å². The van der Waals surface area contributed by atoms with Gasteiger partial charge in [0.2, 0.25) is 0 Å². The van der Waals surface area contributed by atoms with Crippen LogP contribution in [0.4, 0.5) is 13.2 Å². The Kier molecular flexibility index (Phi) is 5.51. The molecule has 1 fully saturated rings. The van der Waals surface area contributed by atoms with Crippen molar-refractivity contribution >= 4 is 0 Å². The number of alkyl halides is 3. The molecule has 1 aliphatic heterocycles. The molecule has 0 saturated carbocycles. The van der Waals surface area contributed by atoms with Crippen LogP contribution in [-0.4, -0.2) is 49.8 Å². The molecule has 0 aromatic carbocycles. The molecule has 6 heteroatoms. The molecular weight excluding hydrogens is 219 g/mol. The SMILES string of the molecule is NC1CCN(CCNCCC(F)(F)F)CC1. The Labute approximate surface area is 94.2 Å². The number of halogens is 3. The average Bonchev–Trinajstić information content (AvgIpc) is 2.19. The summed E-state index contributed by atoms with van der Waals surface area (Å²) in [5.74, 6) is 0. The van der Waals surface area contributed by atoms with E-state index in [0.717, 1.165) is 32.5 Å². The summed E-state index contributed by atoms with van der Waals surface area (Å²) in [5.41, 5.74) is 5.75. The Morgan fingerprint density at radius 3 is 2.38 bits per heavy atom. The van der Waals surface area contributed by atoms with E-state index >= 15 is 0 Å². The summed E-state index contributed by atoms with van der Waals surface area (Å²) in [5, 5.41) is 2.81. The lowest BCUT2D eigenvalue weighted by atomic mass is 10.1. The van der Waals surface area contributed by atoms with Gasteiger partial charge < -0.3 is 16.0 Å². The highest BCUT2D eigenvalue weighted by atomic mass is 19.4. The molecule has 3 N–H and O–H groups in total.